The Bertz CT molecular complexity index is 647. The smallest absolute Gasteiger partial charge is 0.253 e. The Balaban J connectivity index is 1.53. The average Bonchev–Trinajstić information content (AvgIpc) is 2.71. The van der Waals surface area contributed by atoms with Crippen LogP contribution in [-0.4, -0.2) is 70.3 Å². The first kappa shape index (κ1) is 21.3. The fraction of sp³-hybridized carbons (Fsp3) is 0.696. The zero-order valence-corrected chi connectivity index (χ0v) is 17.4. The molecular formula is C23H36N2O3. The maximum Gasteiger partial charge on any atom is 0.253 e. The molecule has 0 spiro atoms. The highest BCUT2D eigenvalue weighted by Crippen LogP contribution is 2.24. The minimum atomic E-state index is -0.689. The minimum absolute atomic E-state index is 0.121. The topological polar surface area (TPSA) is 64.0 Å². The van der Waals surface area contributed by atoms with E-state index in [1.54, 1.807) is 0 Å². The normalized spacial score (nSPS) is 22.4. The summed E-state index contributed by atoms with van der Waals surface area (Å²) in [5.41, 5.74) is 1.17. The summed E-state index contributed by atoms with van der Waals surface area (Å²) in [7, 11) is 0. The van der Waals surface area contributed by atoms with Crippen LogP contribution in [0.1, 0.15) is 61.9 Å². The molecule has 1 aromatic rings. The molecule has 0 bridgehead atoms. The van der Waals surface area contributed by atoms with Crippen LogP contribution in [0.3, 0.4) is 0 Å². The van der Waals surface area contributed by atoms with E-state index >= 15 is 0 Å². The molecule has 1 unspecified atom stereocenters. The van der Waals surface area contributed by atoms with E-state index in [0.717, 1.165) is 63.0 Å². The van der Waals surface area contributed by atoms with Crippen LogP contribution < -0.4 is 0 Å². The molecule has 5 heteroatoms. The Labute approximate surface area is 169 Å². The molecule has 2 heterocycles. The number of aliphatic hydroxyl groups is 2. The van der Waals surface area contributed by atoms with Gasteiger partial charge in [-0.2, -0.15) is 0 Å². The number of piperidine rings is 2. The molecule has 0 aromatic heterocycles. The van der Waals surface area contributed by atoms with Crippen molar-refractivity contribution < 1.29 is 15.0 Å². The van der Waals surface area contributed by atoms with Crippen molar-refractivity contribution in [2.75, 3.05) is 32.8 Å². The molecule has 2 aliphatic rings. The van der Waals surface area contributed by atoms with Gasteiger partial charge in [-0.25, -0.2) is 0 Å². The Morgan fingerprint density at radius 3 is 2.61 bits per heavy atom. The SMILES string of the molecule is CC(C)(O)CCc1cccc(C(=O)N2CCC(N3CCCC(CO)C3)CC2)c1. The number of benzene rings is 1. The Morgan fingerprint density at radius 1 is 1.18 bits per heavy atom. The van der Waals surface area contributed by atoms with E-state index in [4.69, 9.17) is 0 Å². The number of hydrogen-bond donors (Lipinski definition) is 2. The number of amides is 1. The second-order valence-corrected chi connectivity index (χ2v) is 9.22. The number of nitrogens with zero attached hydrogens (tertiary/aromatic N) is 2. The first-order valence-electron chi connectivity index (χ1n) is 10.8. The van der Waals surface area contributed by atoms with Crippen molar-refractivity contribution in [3.8, 4) is 0 Å². The molecule has 2 saturated heterocycles. The number of carbonyl (C=O) groups excluding carboxylic acids is 1. The van der Waals surface area contributed by atoms with Crippen molar-refractivity contribution in [1.82, 2.24) is 9.80 Å². The van der Waals surface area contributed by atoms with Crippen molar-refractivity contribution >= 4 is 5.91 Å². The maximum atomic E-state index is 13.0. The number of aliphatic hydroxyl groups excluding tert-OH is 1. The van der Waals surface area contributed by atoms with Crippen molar-refractivity contribution in [1.29, 1.82) is 0 Å². The number of rotatable bonds is 6. The molecule has 2 fully saturated rings. The van der Waals surface area contributed by atoms with Crippen LogP contribution in [0, 0.1) is 5.92 Å². The molecule has 0 radical (unpaired) electrons. The molecule has 0 saturated carbocycles. The van der Waals surface area contributed by atoms with Gasteiger partial charge in [-0.15, -0.1) is 0 Å². The molecule has 0 aliphatic carbocycles. The quantitative estimate of drug-likeness (QED) is 0.786. The third kappa shape index (κ3) is 5.79. The summed E-state index contributed by atoms with van der Waals surface area (Å²) in [6, 6.07) is 8.40. The molecule has 1 aromatic carbocycles. The Kier molecular flexibility index (Phi) is 7.13. The van der Waals surface area contributed by atoms with Gasteiger partial charge in [0, 0.05) is 37.8 Å². The lowest BCUT2D eigenvalue weighted by atomic mass is 9.94. The monoisotopic (exact) mass is 388 g/mol. The number of likely N-dealkylation sites (tertiary alicyclic amines) is 2. The highest BCUT2D eigenvalue weighted by molar-refractivity contribution is 5.94. The lowest BCUT2D eigenvalue weighted by molar-refractivity contribution is 0.0455. The van der Waals surface area contributed by atoms with Crippen LogP contribution in [0.25, 0.3) is 0 Å². The van der Waals surface area contributed by atoms with Crippen LogP contribution in [0.2, 0.25) is 0 Å². The van der Waals surface area contributed by atoms with Crippen molar-refractivity contribution in [2.24, 2.45) is 5.92 Å². The maximum absolute atomic E-state index is 13.0. The van der Waals surface area contributed by atoms with Crippen molar-refractivity contribution in [2.45, 2.75) is 64.0 Å². The predicted octanol–water partition coefficient (Wildman–Crippen LogP) is 2.70. The van der Waals surface area contributed by atoms with E-state index in [0.29, 0.717) is 18.4 Å². The molecule has 2 N–H and O–H groups in total. The van der Waals surface area contributed by atoms with E-state index in [1.165, 1.54) is 6.42 Å². The molecule has 1 amide bonds. The molecular weight excluding hydrogens is 352 g/mol. The molecule has 5 nitrogen and oxygen atoms in total. The zero-order valence-electron chi connectivity index (χ0n) is 17.4. The van der Waals surface area contributed by atoms with Gasteiger partial charge in [0.05, 0.1) is 5.60 Å². The summed E-state index contributed by atoms with van der Waals surface area (Å²) in [5, 5.41) is 19.4. The summed E-state index contributed by atoms with van der Waals surface area (Å²) in [5.74, 6) is 0.537. The predicted molar refractivity (Wildman–Crippen MR) is 111 cm³/mol. The minimum Gasteiger partial charge on any atom is -0.396 e. The van der Waals surface area contributed by atoms with Crippen LogP contribution >= 0.6 is 0 Å². The fourth-order valence-corrected chi connectivity index (χ4v) is 4.50. The average molecular weight is 389 g/mol. The Morgan fingerprint density at radius 2 is 1.93 bits per heavy atom. The van der Waals surface area contributed by atoms with E-state index in [9.17, 15) is 15.0 Å². The molecule has 3 rings (SSSR count). The number of carbonyl (C=O) groups is 1. The van der Waals surface area contributed by atoms with Gasteiger partial charge in [0.15, 0.2) is 0 Å². The van der Waals surface area contributed by atoms with Gasteiger partial charge in [-0.1, -0.05) is 12.1 Å². The lowest BCUT2D eigenvalue weighted by Gasteiger charge is -2.42. The van der Waals surface area contributed by atoms with Gasteiger partial charge in [0.25, 0.3) is 5.91 Å². The first-order chi connectivity index (χ1) is 13.4. The summed E-state index contributed by atoms with van der Waals surface area (Å²) in [6.45, 7) is 7.65. The summed E-state index contributed by atoms with van der Waals surface area (Å²) >= 11 is 0. The highest BCUT2D eigenvalue weighted by Gasteiger charge is 2.30. The molecule has 2 aliphatic heterocycles. The van der Waals surface area contributed by atoms with Gasteiger partial charge in [0.2, 0.25) is 0 Å². The first-order valence-corrected chi connectivity index (χ1v) is 10.8. The van der Waals surface area contributed by atoms with Crippen molar-refractivity contribution in [3.05, 3.63) is 35.4 Å². The molecule has 156 valence electrons. The van der Waals surface area contributed by atoms with Crippen LogP contribution in [-0.2, 0) is 6.42 Å². The van der Waals surface area contributed by atoms with Crippen LogP contribution in [0.15, 0.2) is 24.3 Å². The number of aryl methyl sites for hydroxylation is 1. The van der Waals surface area contributed by atoms with Gasteiger partial charge in [-0.3, -0.25) is 9.69 Å². The third-order valence-electron chi connectivity index (χ3n) is 6.28. The fourth-order valence-electron chi connectivity index (χ4n) is 4.50. The van der Waals surface area contributed by atoms with Gasteiger partial charge < -0.3 is 15.1 Å². The standard InChI is InChI=1S/C23H36N2O3/c1-23(2,28)11-8-18-5-3-7-20(15-18)22(27)24-13-9-21(10-14-24)25-12-4-6-19(16-25)17-26/h3,5,7,15,19,21,26,28H,4,6,8-14,16-17H2,1-2H3. The zero-order chi connectivity index (χ0) is 20.1. The Hall–Kier alpha value is -1.43. The third-order valence-corrected chi connectivity index (χ3v) is 6.28. The van der Waals surface area contributed by atoms with E-state index in [1.807, 2.05) is 43.0 Å². The van der Waals surface area contributed by atoms with Gasteiger partial charge in [-0.05, 0) is 82.5 Å². The van der Waals surface area contributed by atoms with Gasteiger partial charge >= 0.3 is 0 Å². The summed E-state index contributed by atoms with van der Waals surface area (Å²) < 4.78 is 0. The van der Waals surface area contributed by atoms with E-state index in [-0.39, 0.29) is 12.5 Å². The lowest BCUT2D eigenvalue weighted by Crippen LogP contribution is -2.50. The van der Waals surface area contributed by atoms with E-state index in [2.05, 4.69) is 4.90 Å². The van der Waals surface area contributed by atoms with Crippen LogP contribution in [0.4, 0.5) is 0 Å². The second kappa shape index (κ2) is 9.38. The number of hydrogen-bond acceptors (Lipinski definition) is 4. The highest BCUT2D eigenvalue weighted by atomic mass is 16.3. The molecule has 1 atom stereocenters. The second-order valence-electron chi connectivity index (χ2n) is 9.22. The summed E-state index contributed by atoms with van der Waals surface area (Å²) in [4.78, 5) is 17.5. The largest absolute Gasteiger partial charge is 0.396 e. The molecule has 28 heavy (non-hydrogen) atoms. The summed E-state index contributed by atoms with van der Waals surface area (Å²) in [6.07, 6.45) is 5.79. The van der Waals surface area contributed by atoms with Crippen LogP contribution in [0.5, 0.6) is 0 Å². The van der Waals surface area contributed by atoms with Crippen molar-refractivity contribution in [3.63, 3.8) is 0 Å². The van der Waals surface area contributed by atoms with Gasteiger partial charge in [0.1, 0.15) is 0 Å². The van der Waals surface area contributed by atoms with E-state index < -0.39 is 5.60 Å².